The molecular formula is C13H14FN3O2S. The molecule has 0 atom stereocenters. The first-order valence-corrected chi connectivity index (χ1v) is 6.88. The largest absolute Gasteiger partial charge is 0.492 e. The molecule has 3 N–H and O–H groups in total. The van der Waals surface area contributed by atoms with E-state index in [2.05, 4.69) is 10.3 Å². The number of halogens is 1. The smallest absolute Gasteiger partial charge is 0.230 e. The van der Waals surface area contributed by atoms with Crippen LogP contribution in [0.2, 0.25) is 0 Å². The molecule has 0 saturated carbocycles. The Hall–Kier alpha value is -2.15. The second-order valence-corrected chi connectivity index (χ2v) is 4.87. The van der Waals surface area contributed by atoms with E-state index in [1.807, 2.05) is 0 Å². The molecular weight excluding hydrogens is 281 g/mol. The fourth-order valence-electron chi connectivity index (χ4n) is 1.64. The van der Waals surface area contributed by atoms with Gasteiger partial charge in [0, 0.05) is 11.4 Å². The molecule has 106 valence electrons. The van der Waals surface area contributed by atoms with E-state index in [4.69, 9.17) is 10.5 Å². The first-order valence-electron chi connectivity index (χ1n) is 6.00. The number of thiazole rings is 1. The number of rotatable bonds is 5. The summed E-state index contributed by atoms with van der Waals surface area (Å²) in [6, 6.07) is 3.96. The first-order chi connectivity index (χ1) is 9.58. The summed E-state index contributed by atoms with van der Waals surface area (Å²) >= 11 is 1.28. The van der Waals surface area contributed by atoms with Crippen molar-refractivity contribution in [1.82, 2.24) is 4.98 Å². The maximum absolute atomic E-state index is 13.1. The minimum atomic E-state index is -0.418. The molecule has 1 aromatic heterocycles. The van der Waals surface area contributed by atoms with Gasteiger partial charge in [-0.25, -0.2) is 9.37 Å². The number of carbonyl (C=O) groups excluding carboxylic acids is 1. The lowest BCUT2D eigenvalue weighted by molar-refractivity contribution is -0.115. The van der Waals surface area contributed by atoms with Crippen LogP contribution in [0.3, 0.4) is 0 Å². The van der Waals surface area contributed by atoms with Crippen LogP contribution in [-0.2, 0) is 11.2 Å². The number of benzene rings is 1. The highest BCUT2D eigenvalue weighted by Gasteiger charge is 2.11. The molecule has 0 radical (unpaired) electrons. The normalized spacial score (nSPS) is 10.3. The van der Waals surface area contributed by atoms with Crippen molar-refractivity contribution in [3.05, 3.63) is 35.1 Å². The van der Waals surface area contributed by atoms with Gasteiger partial charge in [0.2, 0.25) is 5.91 Å². The van der Waals surface area contributed by atoms with Gasteiger partial charge < -0.3 is 15.8 Å². The SMILES string of the molecule is CCOc1cc(F)ccc1NC(=O)Cc1csc(N)n1. The molecule has 0 aliphatic rings. The van der Waals surface area contributed by atoms with Crippen LogP contribution in [0.25, 0.3) is 0 Å². The fourth-order valence-corrected chi connectivity index (χ4v) is 2.20. The monoisotopic (exact) mass is 295 g/mol. The molecule has 1 heterocycles. The van der Waals surface area contributed by atoms with E-state index in [-0.39, 0.29) is 12.3 Å². The standard InChI is InChI=1S/C13H14FN3O2S/c1-2-19-11-5-8(14)3-4-10(11)17-12(18)6-9-7-20-13(15)16-9/h3-5,7H,2,6H2,1H3,(H2,15,16)(H,17,18). The Labute approximate surface area is 119 Å². The molecule has 7 heteroatoms. The Morgan fingerprint density at radius 2 is 2.35 bits per heavy atom. The number of anilines is 2. The van der Waals surface area contributed by atoms with Gasteiger partial charge in [-0.2, -0.15) is 0 Å². The molecule has 0 aliphatic heterocycles. The number of carbonyl (C=O) groups is 1. The number of hydrogen-bond acceptors (Lipinski definition) is 5. The number of amides is 1. The van der Waals surface area contributed by atoms with Crippen LogP contribution in [0.4, 0.5) is 15.2 Å². The Morgan fingerprint density at radius 3 is 3.00 bits per heavy atom. The summed E-state index contributed by atoms with van der Waals surface area (Å²) in [6.07, 6.45) is 0.108. The number of nitrogen functional groups attached to an aromatic ring is 1. The minimum absolute atomic E-state index is 0.108. The topological polar surface area (TPSA) is 77.2 Å². The molecule has 5 nitrogen and oxygen atoms in total. The van der Waals surface area contributed by atoms with E-state index in [0.717, 1.165) is 0 Å². The van der Waals surface area contributed by atoms with Gasteiger partial charge in [-0.1, -0.05) is 0 Å². The molecule has 0 saturated heterocycles. The number of ether oxygens (including phenoxy) is 1. The first kappa shape index (κ1) is 14.3. The highest BCUT2D eigenvalue weighted by Crippen LogP contribution is 2.25. The van der Waals surface area contributed by atoms with Crippen LogP contribution in [-0.4, -0.2) is 17.5 Å². The van der Waals surface area contributed by atoms with Crippen LogP contribution in [0, 0.1) is 5.82 Å². The van der Waals surface area contributed by atoms with Gasteiger partial charge in [-0.05, 0) is 19.1 Å². The van der Waals surface area contributed by atoms with E-state index in [1.165, 1.54) is 29.5 Å². The van der Waals surface area contributed by atoms with Crippen molar-refractivity contribution < 1.29 is 13.9 Å². The molecule has 0 unspecified atom stereocenters. The lowest BCUT2D eigenvalue weighted by Crippen LogP contribution is -2.15. The summed E-state index contributed by atoms with van der Waals surface area (Å²) in [4.78, 5) is 15.9. The molecule has 0 fully saturated rings. The van der Waals surface area contributed by atoms with Crippen molar-refractivity contribution in [1.29, 1.82) is 0 Å². The van der Waals surface area contributed by atoms with Crippen LogP contribution in [0.5, 0.6) is 5.75 Å². The molecule has 0 bridgehead atoms. The Balaban J connectivity index is 2.07. The highest BCUT2D eigenvalue weighted by molar-refractivity contribution is 7.13. The summed E-state index contributed by atoms with van der Waals surface area (Å²) < 4.78 is 18.4. The maximum atomic E-state index is 13.1. The number of nitrogens with one attached hydrogen (secondary N) is 1. The molecule has 20 heavy (non-hydrogen) atoms. The zero-order valence-electron chi connectivity index (χ0n) is 10.9. The summed E-state index contributed by atoms with van der Waals surface area (Å²) in [5, 5.41) is 4.82. The van der Waals surface area contributed by atoms with E-state index in [9.17, 15) is 9.18 Å². The summed E-state index contributed by atoms with van der Waals surface area (Å²) in [5.41, 5.74) is 6.54. The third-order valence-corrected chi connectivity index (χ3v) is 3.15. The summed E-state index contributed by atoms with van der Waals surface area (Å²) in [7, 11) is 0. The molecule has 0 spiro atoms. The number of aromatic nitrogens is 1. The molecule has 1 aromatic carbocycles. The van der Waals surface area contributed by atoms with Crippen LogP contribution in [0.1, 0.15) is 12.6 Å². The van der Waals surface area contributed by atoms with Crippen molar-refractivity contribution >= 4 is 28.1 Å². The highest BCUT2D eigenvalue weighted by atomic mass is 32.1. The lowest BCUT2D eigenvalue weighted by atomic mass is 10.2. The summed E-state index contributed by atoms with van der Waals surface area (Å²) in [5.74, 6) is -0.375. The van der Waals surface area contributed by atoms with Gasteiger partial charge in [0.05, 0.1) is 24.4 Å². The second kappa shape index (κ2) is 6.33. The van der Waals surface area contributed by atoms with Crippen molar-refractivity contribution in [2.45, 2.75) is 13.3 Å². The Morgan fingerprint density at radius 1 is 1.55 bits per heavy atom. The van der Waals surface area contributed by atoms with E-state index < -0.39 is 5.82 Å². The number of nitrogens with two attached hydrogens (primary N) is 1. The zero-order valence-corrected chi connectivity index (χ0v) is 11.7. The Kier molecular flexibility index (Phi) is 4.52. The molecule has 2 rings (SSSR count). The maximum Gasteiger partial charge on any atom is 0.230 e. The average molecular weight is 295 g/mol. The molecule has 2 aromatic rings. The Bertz CT molecular complexity index is 615. The van der Waals surface area contributed by atoms with Crippen LogP contribution < -0.4 is 15.8 Å². The van der Waals surface area contributed by atoms with Crippen molar-refractivity contribution in [2.75, 3.05) is 17.7 Å². The van der Waals surface area contributed by atoms with Gasteiger partial charge in [0.1, 0.15) is 11.6 Å². The quantitative estimate of drug-likeness (QED) is 0.888. The van der Waals surface area contributed by atoms with Crippen molar-refractivity contribution in [2.24, 2.45) is 0 Å². The van der Waals surface area contributed by atoms with E-state index >= 15 is 0 Å². The predicted octanol–water partition coefficient (Wildman–Crippen LogP) is 2.44. The van der Waals surface area contributed by atoms with Gasteiger partial charge in [-0.3, -0.25) is 4.79 Å². The zero-order chi connectivity index (χ0) is 14.5. The van der Waals surface area contributed by atoms with Gasteiger partial charge >= 0.3 is 0 Å². The lowest BCUT2D eigenvalue weighted by Gasteiger charge is -2.11. The van der Waals surface area contributed by atoms with Gasteiger partial charge in [-0.15, -0.1) is 11.3 Å². The average Bonchev–Trinajstić information content (AvgIpc) is 2.78. The van der Waals surface area contributed by atoms with Crippen LogP contribution >= 0.6 is 11.3 Å². The van der Waals surface area contributed by atoms with Crippen LogP contribution in [0.15, 0.2) is 23.6 Å². The van der Waals surface area contributed by atoms with E-state index in [0.29, 0.717) is 28.9 Å². The number of nitrogens with zero attached hydrogens (tertiary/aromatic N) is 1. The third-order valence-electron chi connectivity index (χ3n) is 2.43. The minimum Gasteiger partial charge on any atom is -0.492 e. The predicted molar refractivity (Wildman–Crippen MR) is 76.4 cm³/mol. The van der Waals surface area contributed by atoms with Crippen molar-refractivity contribution in [3.63, 3.8) is 0 Å². The number of hydrogen-bond donors (Lipinski definition) is 2. The summed E-state index contributed by atoms with van der Waals surface area (Å²) in [6.45, 7) is 2.17. The third kappa shape index (κ3) is 3.67. The van der Waals surface area contributed by atoms with E-state index in [1.54, 1.807) is 12.3 Å². The van der Waals surface area contributed by atoms with Crippen molar-refractivity contribution in [3.8, 4) is 5.75 Å². The van der Waals surface area contributed by atoms with Gasteiger partial charge in [0.25, 0.3) is 0 Å². The van der Waals surface area contributed by atoms with Gasteiger partial charge in [0.15, 0.2) is 5.13 Å². The fraction of sp³-hybridized carbons (Fsp3) is 0.231. The molecule has 0 aliphatic carbocycles. The molecule has 1 amide bonds. The second-order valence-electron chi connectivity index (χ2n) is 3.98.